The number of nitrogens with zero attached hydrogens (tertiary/aromatic N) is 1. The van der Waals surface area contributed by atoms with Gasteiger partial charge in [0.25, 0.3) is 5.56 Å². The average Bonchev–Trinajstić information content (AvgIpc) is 2.26. The Morgan fingerprint density at radius 3 is 2.47 bits per heavy atom. The van der Waals surface area contributed by atoms with Crippen molar-refractivity contribution >= 4 is 0 Å². The van der Waals surface area contributed by atoms with Gasteiger partial charge in [-0.3, -0.25) is 4.79 Å². The van der Waals surface area contributed by atoms with Crippen molar-refractivity contribution in [2.75, 3.05) is 7.05 Å². The van der Waals surface area contributed by atoms with Gasteiger partial charge in [-0.05, 0) is 26.5 Å². The summed E-state index contributed by atoms with van der Waals surface area (Å²) in [6.07, 6.45) is 0.648. The Morgan fingerprint density at radius 2 is 1.84 bits per heavy atom. The predicted octanol–water partition coefficient (Wildman–Crippen LogP) is 1.70. The minimum Gasteiger partial charge on any atom is -0.314 e. The first-order chi connectivity index (χ1) is 9.06. The van der Waals surface area contributed by atoms with E-state index in [2.05, 4.69) is 47.3 Å². The minimum absolute atomic E-state index is 0.0976. The molecule has 0 amide bonds. The number of hydrogen-bond acceptors (Lipinski definition) is 3. The molecular formula is C15H19N3O. The van der Waals surface area contributed by atoms with Crippen molar-refractivity contribution in [1.82, 2.24) is 15.3 Å². The molecule has 19 heavy (non-hydrogen) atoms. The van der Waals surface area contributed by atoms with E-state index in [0.29, 0.717) is 18.8 Å². The molecule has 100 valence electrons. The normalized spacial score (nSPS) is 10.7. The van der Waals surface area contributed by atoms with Gasteiger partial charge in [0.1, 0.15) is 5.82 Å². The summed E-state index contributed by atoms with van der Waals surface area (Å²) in [7, 11) is 1.84. The van der Waals surface area contributed by atoms with Crippen LogP contribution in [0.25, 0.3) is 0 Å². The third-order valence-corrected chi connectivity index (χ3v) is 2.85. The first-order valence-electron chi connectivity index (χ1n) is 6.37. The van der Waals surface area contributed by atoms with E-state index in [1.54, 1.807) is 0 Å². The molecule has 0 bridgehead atoms. The monoisotopic (exact) mass is 257 g/mol. The second-order valence-electron chi connectivity index (χ2n) is 4.89. The van der Waals surface area contributed by atoms with Gasteiger partial charge in [0.05, 0.1) is 5.69 Å². The Bertz CT molecular complexity index is 611. The molecule has 1 aromatic heterocycles. The number of benzene rings is 1. The molecule has 0 saturated carbocycles. The lowest BCUT2D eigenvalue weighted by molar-refractivity contribution is 0.767. The molecule has 0 aliphatic heterocycles. The Morgan fingerprint density at radius 1 is 1.16 bits per heavy atom. The van der Waals surface area contributed by atoms with Crippen LogP contribution in [0.1, 0.15) is 28.2 Å². The van der Waals surface area contributed by atoms with Gasteiger partial charge in [0.2, 0.25) is 0 Å². The molecule has 2 rings (SSSR count). The number of H-pyrrole nitrogens is 1. The van der Waals surface area contributed by atoms with Crippen LogP contribution in [-0.2, 0) is 13.0 Å². The Kier molecular flexibility index (Phi) is 4.12. The summed E-state index contributed by atoms with van der Waals surface area (Å²) in [6, 6.07) is 7.91. The summed E-state index contributed by atoms with van der Waals surface area (Å²) in [4.78, 5) is 18.8. The molecule has 2 aromatic rings. The summed E-state index contributed by atoms with van der Waals surface area (Å²) < 4.78 is 0. The molecule has 0 atom stereocenters. The molecule has 0 fully saturated rings. The van der Waals surface area contributed by atoms with Crippen LogP contribution < -0.4 is 10.9 Å². The minimum atomic E-state index is -0.0976. The van der Waals surface area contributed by atoms with Crippen LogP contribution >= 0.6 is 0 Å². The maximum atomic E-state index is 11.6. The van der Waals surface area contributed by atoms with Crippen molar-refractivity contribution in [2.24, 2.45) is 0 Å². The smallest absolute Gasteiger partial charge is 0.251 e. The molecule has 0 aliphatic rings. The van der Waals surface area contributed by atoms with Gasteiger partial charge in [-0.25, -0.2) is 4.98 Å². The van der Waals surface area contributed by atoms with Gasteiger partial charge in [0.15, 0.2) is 0 Å². The van der Waals surface area contributed by atoms with Crippen molar-refractivity contribution in [3.8, 4) is 0 Å². The first-order valence-corrected chi connectivity index (χ1v) is 6.37. The van der Waals surface area contributed by atoms with E-state index >= 15 is 0 Å². The first kappa shape index (κ1) is 13.5. The molecule has 0 radical (unpaired) electrons. The molecule has 4 heteroatoms. The van der Waals surface area contributed by atoms with E-state index in [4.69, 9.17) is 0 Å². The van der Waals surface area contributed by atoms with Crippen LogP contribution in [-0.4, -0.2) is 17.0 Å². The van der Waals surface area contributed by atoms with Crippen molar-refractivity contribution in [3.05, 3.63) is 62.8 Å². The quantitative estimate of drug-likeness (QED) is 0.876. The third-order valence-electron chi connectivity index (χ3n) is 2.85. The van der Waals surface area contributed by atoms with E-state index in [0.717, 1.165) is 5.69 Å². The maximum absolute atomic E-state index is 11.6. The van der Waals surface area contributed by atoms with E-state index in [1.807, 2.05) is 7.05 Å². The Balaban J connectivity index is 2.29. The topological polar surface area (TPSA) is 57.8 Å². The molecule has 0 spiro atoms. The molecule has 1 aromatic carbocycles. The number of hydrogen-bond donors (Lipinski definition) is 2. The summed E-state index contributed by atoms with van der Waals surface area (Å²) in [5.41, 5.74) is 4.29. The zero-order chi connectivity index (χ0) is 13.8. The lowest BCUT2D eigenvalue weighted by Gasteiger charge is -2.06. The van der Waals surface area contributed by atoms with Crippen LogP contribution in [0.3, 0.4) is 0 Å². The number of rotatable bonds is 4. The van der Waals surface area contributed by atoms with Crippen LogP contribution in [0.4, 0.5) is 0 Å². The van der Waals surface area contributed by atoms with E-state index in [9.17, 15) is 4.79 Å². The van der Waals surface area contributed by atoms with E-state index < -0.39 is 0 Å². The molecular weight excluding hydrogens is 238 g/mol. The Hall–Kier alpha value is -1.94. The van der Waals surface area contributed by atoms with Gasteiger partial charge >= 0.3 is 0 Å². The Labute approximate surface area is 112 Å². The summed E-state index contributed by atoms with van der Waals surface area (Å²) in [5, 5.41) is 3.01. The zero-order valence-electron chi connectivity index (χ0n) is 11.6. The number of aromatic nitrogens is 2. The van der Waals surface area contributed by atoms with E-state index in [1.165, 1.54) is 22.8 Å². The van der Waals surface area contributed by atoms with Crippen LogP contribution in [0, 0.1) is 13.8 Å². The van der Waals surface area contributed by atoms with Crippen LogP contribution in [0.5, 0.6) is 0 Å². The molecule has 0 saturated heterocycles. The fraction of sp³-hybridized carbons (Fsp3) is 0.333. The number of nitrogens with one attached hydrogen (secondary N) is 2. The lowest BCUT2D eigenvalue weighted by atomic mass is 10.0. The lowest BCUT2D eigenvalue weighted by Crippen LogP contribution is -2.16. The number of aromatic amines is 1. The highest BCUT2D eigenvalue weighted by atomic mass is 16.1. The molecule has 1 heterocycles. The van der Waals surface area contributed by atoms with Gasteiger partial charge in [-0.1, -0.05) is 29.3 Å². The highest BCUT2D eigenvalue weighted by Gasteiger charge is 2.03. The molecule has 2 N–H and O–H groups in total. The van der Waals surface area contributed by atoms with E-state index in [-0.39, 0.29) is 5.56 Å². The standard InChI is InChI=1S/C15H19N3O/c1-10-4-11(2)6-12(5-10)7-14-17-13(9-16-3)8-15(19)18-14/h4-6,8,16H,7,9H2,1-3H3,(H,17,18,19). The van der Waals surface area contributed by atoms with Gasteiger partial charge < -0.3 is 10.3 Å². The predicted molar refractivity (Wildman–Crippen MR) is 76.3 cm³/mol. The highest BCUT2D eigenvalue weighted by Crippen LogP contribution is 2.11. The maximum Gasteiger partial charge on any atom is 0.251 e. The van der Waals surface area contributed by atoms with Crippen molar-refractivity contribution in [3.63, 3.8) is 0 Å². The van der Waals surface area contributed by atoms with Gasteiger partial charge in [-0.2, -0.15) is 0 Å². The summed E-state index contributed by atoms with van der Waals surface area (Å²) in [5.74, 6) is 0.711. The van der Waals surface area contributed by atoms with Crippen molar-refractivity contribution in [2.45, 2.75) is 26.8 Å². The van der Waals surface area contributed by atoms with Gasteiger partial charge in [-0.15, -0.1) is 0 Å². The third kappa shape index (κ3) is 3.76. The van der Waals surface area contributed by atoms with Crippen LogP contribution in [0.2, 0.25) is 0 Å². The zero-order valence-corrected chi connectivity index (χ0v) is 11.6. The largest absolute Gasteiger partial charge is 0.314 e. The fourth-order valence-corrected chi connectivity index (χ4v) is 2.28. The van der Waals surface area contributed by atoms with Gasteiger partial charge in [0, 0.05) is 19.0 Å². The summed E-state index contributed by atoms with van der Waals surface area (Å²) in [6.45, 7) is 4.75. The fourth-order valence-electron chi connectivity index (χ4n) is 2.28. The molecule has 0 aliphatic carbocycles. The molecule has 0 unspecified atom stereocenters. The second-order valence-corrected chi connectivity index (χ2v) is 4.89. The van der Waals surface area contributed by atoms with Crippen molar-refractivity contribution < 1.29 is 0 Å². The second kappa shape index (κ2) is 5.80. The number of aryl methyl sites for hydroxylation is 2. The van der Waals surface area contributed by atoms with Crippen LogP contribution in [0.15, 0.2) is 29.1 Å². The highest BCUT2D eigenvalue weighted by molar-refractivity contribution is 5.30. The average molecular weight is 257 g/mol. The van der Waals surface area contributed by atoms with Crippen molar-refractivity contribution in [1.29, 1.82) is 0 Å². The molecule has 4 nitrogen and oxygen atoms in total. The SMILES string of the molecule is CNCc1cc(=O)[nH]c(Cc2cc(C)cc(C)c2)n1. The summed E-state index contributed by atoms with van der Waals surface area (Å²) >= 11 is 0.